The molecule has 1 N–H and O–H groups in total. The number of nitrogens with one attached hydrogen (secondary N) is 1. The summed E-state index contributed by atoms with van der Waals surface area (Å²) in [5.41, 5.74) is 3.94. The number of hydrogen-bond donors (Lipinski definition) is 1. The molecule has 13 nitrogen and oxygen atoms in total. The predicted molar refractivity (Wildman–Crippen MR) is 304 cm³/mol. The minimum Gasteiger partial charge on any atom is -0.462 e. The molecule has 0 aromatic heterocycles. The maximum absolute atomic E-state index is 13.1. The third-order valence-electron chi connectivity index (χ3n) is 13.5. The van der Waals surface area contributed by atoms with E-state index in [9.17, 15) is 28.8 Å². The molecular formula is C66H67NO12. The Kier molecular flexibility index (Phi) is 21.5. The van der Waals surface area contributed by atoms with Gasteiger partial charge in [0.2, 0.25) is 0 Å². The van der Waals surface area contributed by atoms with Crippen LogP contribution in [0.4, 0.5) is 0 Å². The molecule has 408 valence electrons. The van der Waals surface area contributed by atoms with E-state index in [1.54, 1.807) is 0 Å². The maximum Gasteiger partial charge on any atom is 0.306 e. The molecule has 8 rings (SSSR count). The molecule has 79 heavy (non-hydrogen) atoms. The Morgan fingerprint density at radius 2 is 0.557 bits per heavy atom. The topological polar surface area (TPSA) is 170 Å². The van der Waals surface area contributed by atoms with E-state index in [-0.39, 0.29) is 65.0 Å². The van der Waals surface area contributed by atoms with Gasteiger partial charge in [0.25, 0.3) is 0 Å². The summed E-state index contributed by atoms with van der Waals surface area (Å²) >= 11 is 0. The zero-order valence-electron chi connectivity index (χ0n) is 44.4. The lowest BCUT2D eigenvalue weighted by molar-refractivity contribution is -0.166. The van der Waals surface area contributed by atoms with Crippen LogP contribution in [0.5, 0.6) is 0 Å². The summed E-state index contributed by atoms with van der Waals surface area (Å²) in [4.78, 5) is 77.8. The lowest BCUT2D eigenvalue weighted by Gasteiger charge is -2.18. The number of ether oxygens (including phenoxy) is 6. The molecule has 0 atom stereocenters. The van der Waals surface area contributed by atoms with Crippen molar-refractivity contribution in [1.82, 2.24) is 5.32 Å². The van der Waals surface area contributed by atoms with E-state index >= 15 is 0 Å². The molecule has 13 heteroatoms. The van der Waals surface area contributed by atoms with Gasteiger partial charge < -0.3 is 33.7 Å². The fraction of sp³-hybridized carbons (Fsp3) is 0.303. The standard InChI is InChI=1S/C66H67NO12/c68-61(33-25-47-21-29-51-11-1-5-15-55(51)39-47)74-43-59(44-75-62(69)34-26-48-22-30-52-12-2-6-16-56(52)40-48)78-65(72)19-9-37-67-38-10-20-66(73)79-60(45-76-63(70)35-27-49-23-31-53-13-3-7-17-57(53)41-49)46-77-64(71)36-28-50-24-32-54-14-4-8-18-58(54)42-50/h1-8,11-18,21-24,29-32,39-42,59-60,67H,9-10,19-20,25-28,33-38,43-46H2. The fourth-order valence-electron chi connectivity index (χ4n) is 9.16. The highest BCUT2D eigenvalue weighted by Gasteiger charge is 2.22. The van der Waals surface area contributed by atoms with Crippen LogP contribution in [0.25, 0.3) is 43.1 Å². The number of carbonyl (C=O) groups excluding carboxylic acids is 6. The Labute approximate surface area is 460 Å². The predicted octanol–water partition coefficient (Wildman–Crippen LogP) is 11.3. The van der Waals surface area contributed by atoms with Gasteiger partial charge in [0.15, 0.2) is 12.2 Å². The van der Waals surface area contributed by atoms with Gasteiger partial charge in [-0.3, -0.25) is 28.8 Å². The lowest BCUT2D eigenvalue weighted by atomic mass is 10.0. The van der Waals surface area contributed by atoms with Crippen molar-refractivity contribution in [3.8, 4) is 0 Å². The van der Waals surface area contributed by atoms with Gasteiger partial charge in [-0.05, 0) is 117 Å². The van der Waals surface area contributed by atoms with Crippen LogP contribution in [0.1, 0.15) is 73.6 Å². The van der Waals surface area contributed by atoms with Gasteiger partial charge >= 0.3 is 35.8 Å². The second-order valence-corrected chi connectivity index (χ2v) is 19.6. The zero-order valence-corrected chi connectivity index (χ0v) is 44.4. The van der Waals surface area contributed by atoms with Crippen LogP contribution < -0.4 is 5.32 Å². The highest BCUT2D eigenvalue weighted by Crippen LogP contribution is 2.21. The SMILES string of the molecule is O=C(CCc1ccc2ccccc2c1)OCC(COC(=O)CCc1ccc2ccccc2c1)OC(=O)CCCNCCCC(=O)OC(COC(=O)CCc1ccc2ccccc2c1)COC(=O)CCc1ccc2ccccc2c1. The van der Waals surface area contributed by atoms with Crippen LogP contribution in [0.2, 0.25) is 0 Å². The number of benzene rings is 8. The van der Waals surface area contributed by atoms with E-state index in [1.165, 1.54) is 0 Å². The first-order chi connectivity index (χ1) is 38.6. The summed E-state index contributed by atoms with van der Waals surface area (Å²) in [6.07, 6.45) is 1.12. The first-order valence-corrected chi connectivity index (χ1v) is 27.2. The lowest BCUT2D eigenvalue weighted by Crippen LogP contribution is -2.31. The van der Waals surface area contributed by atoms with Crippen molar-refractivity contribution in [3.63, 3.8) is 0 Å². The Hall–Kier alpha value is -8.42. The van der Waals surface area contributed by atoms with Crippen LogP contribution in [-0.4, -0.2) is 87.5 Å². The summed E-state index contributed by atoms with van der Waals surface area (Å²) < 4.78 is 33.6. The van der Waals surface area contributed by atoms with Crippen LogP contribution in [0.3, 0.4) is 0 Å². The minimum atomic E-state index is -1.01. The van der Waals surface area contributed by atoms with Gasteiger partial charge in [0, 0.05) is 38.5 Å². The number of hydrogen-bond acceptors (Lipinski definition) is 13. The van der Waals surface area contributed by atoms with Crippen molar-refractivity contribution in [3.05, 3.63) is 192 Å². The first kappa shape index (κ1) is 56.8. The van der Waals surface area contributed by atoms with Gasteiger partial charge in [-0.15, -0.1) is 0 Å². The van der Waals surface area contributed by atoms with Crippen LogP contribution in [-0.2, 0) is 82.9 Å². The Balaban J connectivity index is 0.756. The Bertz CT molecular complexity index is 2930. The number of rotatable bonds is 30. The number of aryl methyl sites for hydroxylation is 4. The largest absolute Gasteiger partial charge is 0.462 e. The minimum absolute atomic E-state index is 0.0288. The normalized spacial score (nSPS) is 11.3. The van der Waals surface area contributed by atoms with Crippen LogP contribution in [0.15, 0.2) is 170 Å². The maximum atomic E-state index is 13.1. The van der Waals surface area contributed by atoms with Crippen molar-refractivity contribution >= 4 is 78.9 Å². The molecule has 0 heterocycles. The monoisotopic (exact) mass is 1070 g/mol. The van der Waals surface area contributed by atoms with Gasteiger partial charge in [-0.2, -0.15) is 0 Å². The molecule has 8 aromatic rings. The molecule has 8 aromatic carbocycles. The number of fused-ring (bicyclic) bond motifs is 4. The molecule has 0 fully saturated rings. The second kappa shape index (κ2) is 29.9. The smallest absolute Gasteiger partial charge is 0.306 e. The van der Waals surface area contributed by atoms with E-state index < -0.39 is 48.0 Å². The molecule has 0 amide bonds. The molecule has 0 radical (unpaired) electrons. The molecule has 0 aliphatic rings. The van der Waals surface area contributed by atoms with E-state index in [2.05, 4.69) is 5.32 Å². The average molecular weight is 1070 g/mol. The third kappa shape index (κ3) is 18.9. The number of carbonyl (C=O) groups is 6. The highest BCUT2D eigenvalue weighted by molar-refractivity contribution is 5.86. The van der Waals surface area contributed by atoms with E-state index in [0.717, 1.165) is 65.3 Å². The molecule has 0 unspecified atom stereocenters. The third-order valence-corrected chi connectivity index (χ3v) is 13.5. The molecular weight excluding hydrogens is 999 g/mol. The van der Waals surface area contributed by atoms with Crippen molar-refractivity contribution in [2.24, 2.45) is 0 Å². The van der Waals surface area contributed by atoms with Crippen molar-refractivity contribution in [2.45, 2.75) is 89.3 Å². The van der Waals surface area contributed by atoms with Gasteiger partial charge in [-0.1, -0.05) is 170 Å². The molecule has 0 spiro atoms. The molecule has 0 bridgehead atoms. The average Bonchev–Trinajstić information content (AvgIpc) is 3.47. The molecule has 0 aliphatic carbocycles. The van der Waals surface area contributed by atoms with Crippen LogP contribution in [0, 0.1) is 0 Å². The zero-order chi connectivity index (χ0) is 55.0. The van der Waals surface area contributed by atoms with Crippen LogP contribution >= 0.6 is 0 Å². The first-order valence-electron chi connectivity index (χ1n) is 27.2. The fourth-order valence-corrected chi connectivity index (χ4v) is 9.16. The summed E-state index contributed by atoms with van der Waals surface area (Å²) in [5.74, 6) is -2.99. The number of esters is 6. The highest BCUT2D eigenvalue weighted by atomic mass is 16.6. The summed E-state index contributed by atoms with van der Waals surface area (Å²) in [5, 5.41) is 11.9. The Morgan fingerprint density at radius 1 is 0.304 bits per heavy atom. The van der Waals surface area contributed by atoms with Crippen molar-refractivity contribution in [1.29, 1.82) is 0 Å². The van der Waals surface area contributed by atoms with Gasteiger partial charge in [-0.25, -0.2) is 0 Å². The summed E-state index contributed by atoms with van der Waals surface area (Å²) in [7, 11) is 0. The van der Waals surface area contributed by atoms with Gasteiger partial charge in [0.05, 0.1) is 0 Å². The van der Waals surface area contributed by atoms with Crippen molar-refractivity contribution < 1.29 is 57.2 Å². The Morgan fingerprint density at radius 3 is 0.823 bits per heavy atom. The van der Waals surface area contributed by atoms with E-state index in [4.69, 9.17) is 28.4 Å². The molecule has 0 saturated heterocycles. The van der Waals surface area contributed by atoms with E-state index in [0.29, 0.717) is 51.6 Å². The summed E-state index contributed by atoms with van der Waals surface area (Å²) in [6, 6.07) is 56.1. The molecule has 0 saturated carbocycles. The second-order valence-electron chi connectivity index (χ2n) is 19.6. The van der Waals surface area contributed by atoms with Crippen molar-refractivity contribution in [2.75, 3.05) is 39.5 Å². The summed E-state index contributed by atoms with van der Waals surface area (Å²) in [6.45, 7) is -0.265. The molecule has 0 aliphatic heterocycles. The van der Waals surface area contributed by atoms with E-state index in [1.807, 2.05) is 170 Å². The van der Waals surface area contributed by atoms with Gasteiger partial charge in [0.1, 0.15) is 26.4 Å². The quantitative estimate of drug-likeness (QED) is 0.0257.